The lowest BCUT2D eigenvalue weighted by molar-refractivity contribution is 0.0697. The molecule has 112 valence electrons. The second-order valence-corrected chi connectivity index (χ2v) is 5.00. The highest BCUT2D eigenvalue weighted by molar-refractivity contribution is 6.34. The van der Waals surface area contributed by atoms with Crippen molar-refractivity contribution in [1.29, 1.82) is 0 Å². The number of rotatable bonds is 8. The number of benzene rings is 1. The predicted molar refractivity (Wildman–Crippen MR) is 82.0 cm³/mol. The van der Waals surface area contributed by atoms with Gasteiger partial charge in [0.15, 0.2) is 0 Å². The van der Waals surface area contributed by atoms with E-state index in [0.717, 1.165) is 12.8 Å². The molecule has 0 aliphatic rings. The van der Waals surface area contributed by atoms with Crippen LogP contribution in [-0.4, -0.2) is 37.4 Å². The number of methoxy groups -OCH3 is 1. The second kappa shape index (κ2) is 8.12. The molecule has 20 heavy (non-hydrogen) atoms. The molecule has 1 rings (SSSR count). The van der Waals surface area contributed by atoms with E-state index >= 15 is 0 Å². The highest BCUT2D eigenvalue weighted by Crippen LogP contribution is 2.30. The summed E-state index contributed by atoms with van der Waals surface area (Å²) in [6.07, 6.45) is 1.87. The fourth-order valence-electron chi connectivity index (χ4n) is 2.38. The zero-order chi connectivity index (χ0) is 15.1. The summed E-state index contributed by atoms with van der Waals surface area (Å²) >= 11 is 6.05. The zero-order valence-electron chi connectivity index (χ0n) is 12.2. The van der Waals surface area contributed by atoms with E-state index < -0.39 is 5.97 Å². The minimum absolute atomic E-state index is 0.164. The maximum absolute atomic E-state index is 11.5. The first-order valence-electron chi connectivity index (χ1n) is 6.84. The van der Waals surface area contributed by atoms with Gasteiger partial charge in [0.1, 0.15) is 5.56 Å². The van der Waals surface area contributed by atoms with Gasteiger partial charge in [0, 0.05) is 19.7 Å². The van der Waals surface area contributed by atoms with Gasteiger partial charge < -0.3 is 14.7 Å². The number of hydrogen-bond acceptors (Lipinski definition) is 3. The van der Waals surface area contributed by atoms with Crippen molar-refractivity contribution in [2.75, 3.05) is 25.2 Å². The third-order valence-electron chi connectivity index (χ3n) is 3.43. The number of anilines is 1. The molecule has 0 saturated carbocycles. The van der Waals surface area contributed by atoms with Gasteiger partial charge in [-0.3, -0.25) is 0 Å². The van der Waals surface area contributed by atoms with Gasteiger partial charge in [0.2, 0.25) is 0 Å². The van der Waals surface area contributed by atoms with Crippen LogP contribution in [0.2, 0.25) is 5.02 Å². The van der Waals surface area contributed by atoms with Crippen LogP contribution in [0.3, 0.4) is 0 Å². The molecular formula is C15H22ClNO3. The molecule has 0 spiro atoms. The van der Waals surface area contributed by atoms with Crippen LogP contribution in [-0.2, 0) is 4.74 Å². The SMILES string of the molecule is CCC(CC)N(CCOC)c1cccc(Cl)c1C(=O)O. The summed E-state index contributed by atoms with van der Waals surface area (Å²) in [6.45, 7) is 5.38. The van der Waals surface area contributed by atoms with Gasteiger partial charge in [-0.15, -0.1) is 0 Å². The second-order valence-electron chi connectivity index (χ2n) is 4.60. The summed E-state index contributed by atoms with van der Waals surface area (Å²) in [6, 6.07) is 5.47. The van der Waals surface area contributed by atoms with Gasteiger partial charge >= 0.3 is 5.97 Å². The number of carboxylic acids is 1. The van der Waals surface area contributed by atoms with Gasteiger partial charge in [-0.05, 0) is 25.0 Å². The van der Waals surface area contributed by atoms with E-state index in [1.165, 1.54) is 0 Å². The molecule has 0 aromatic heterocycles. The summed E-state index contributed by atoms with van der Waals surface area (Å²) in [7, 11) is 1.64. The molecule has 0 atom stereocenters. The summed E-state index contributed by atoms with van der Waals surface area (Å²) in [5.41, 5.74) is 0.827. The number of carbonyl (C=O) groups is 1. The normalized spacial score (nSPS) is 10.8. The number of nitrogens with zero attached hydrogens (tertiary/aromatic N) is 1. The predicted octanol–water partition coefficient (Wildman–Crippen LogP) is 3.68. The lowest BCUT2D eigenvalue weighted by atomic mass is 10.1. The van der Waals surface area contributed by atoms with Crippen LogP contribution in [0, 0.1) is 0 Å². The highest BCUT2D eigenvalue weighted by atomic mass is 35.5. The standard InChI is InChI=1S/C15H22ClNO3/c1-4-11(5-2)17(9-10-20-3)13-8-6-7-12(16)14(13)15(18)19/h6-8,11H,4-5,9-10H2,1-3H3,(H,18,19). The van der Waals surface area contributed by atoms with E-state index in [-0.39, 0.29) is 16.6 Å². The van der Waals surface area contributed by atoms with E-state index in [0.29, 0.717) is 18.8 Å². The Labute approximate surface area is 125 Å². The maximum atomic E-state index is 11.5. The van der Waals surface area contributed by atoms with Crippen molar-refractivity contribution in [2.45, 2.75) is 32.7 Å². The van der Waals surface area contributed by atoms with E-state index in [9.17, 15) is 9.90 Å². The summed E-state index contributed by atoms with van der Waals surface area (Å²) in [4.78, 5) is 13.6. The highest BCUT2D eigenvalue weighted by Gasteiger charge is 2.23. The Bertz CT molecular complexity index is 447. The Kier molecular flexibility index (Phi) is 6.82. The maximum Gasteiger partial charge on any atom is 0.339 e. The Morgan fingerprint density at radius 1 is 1.40 bits per heavy atom. The van der Waals surface area contributed by atoms with Crippen LogP contribution in [0.4, 0.5) is 5.69 Å². The first kappa shape index (κ1) is 16.8. The molecule has 0 saturated heterocycles. The number of aromatic carboxylic acids is 1. The fourth-order valence-corrected chi connectivity index (χ4v) is 2.63. The molecule has 4 nitrogen and oxygen atoms in total. The van der Waals surface area contributed by atoms with Crippen molar-refractivity contribution in [3.05, 3.63) is 28.8 Å². The lowest BCUT2D eigenvalue weighted by Gasteiger charge is -2.33. The molecule has 0 amide bonds. The molecule has 0 radical (unpaired) electrons. The molecule has 1 N–H and O–H groups in total. The average Bonchev–Trinajstić information content (AvgIpc) is 2.42. The van der Waals surface area contributed by atoms with Crippen LogP contribution in [0.25, 0.3) is 0 Å². The Hall–Kier alpha value is -1.26. The molecular weight excluding hydrogens is 278 g/mol. The van der Waals surface area contributed by atoms with Crippen LogP contribution in [0.1, 0.15) is 37.0 Å². The van der Waals surface area contributed by atoms with Crippen molar-refractivity contribution >= 4 is 23.3 Å². The van der Waals surface area contributed by atoms with E-state index in [4.69, 9.17) is 16.3 Å². The Morgan fingerprint density at radius 3 is 2.55 bits per heavy atom. The minimum Gasteiger partial charge on any atom is -0.478 e. The summed E-state index contributed by atoms with van der Waals surface area (Å²) in [5, 5.41) is 9.67. The van der Waals surface area contributed by atoms with Crippen LogP contribution >= 0.6 is 11.6 Å². The Balaban J connectivity index is 3.25. The van der Waals surface area contributed by atoms with Crippen molar-refractivity contribution in [3.8, 4) is 0 Å². The van der Waals surface area contributed by atoms with Gasteiger partial charge in [0.25, 0.3) is 0 Å². The van der Waals surface area contributed by atoms with Gasteiger partial charge in [-0.1, -0.05) is 31.5 Å². The first-order chi connectivity index (χ1) is 9.56. The number of halogens is 1. The molecule has 0 heterocycles. The van der Waals surface area contributed by atoms with Crippen molar-refractivity contribution in [1.82, 2.24) is 0 Å². The van der Waals surface area contributed by atoms with E-state index in [1.54, 1.807) is 19.2 Å². The van der Waals surface area contributed by atoms with Crippen molar-refractivity contribution < 1.29 is 14.6 Å². The minimum atomic E-state index is -1.00. The molecule has 0 aliphatic carbocycles. The molecule has 0 bridgehead atoms. The lowest BCUT2D eigenvalue weighted by Crippen LogP contribution is -2.38. The molecule has 0 aliphatic heterocycles. The third-order valence-corrected chi connectivity index (χ3v) is 3.75. The summed E-state index contributed by atoms with van der Waals surface area (Å²) < 4.78 is 5.14. The molecule has 1 aromatic carbocycles. The quantitative estimate of drug-likeness (QED) is 0.795. The van der Waals surface area contributed by atoms with Crippen molar-refractivity contribution in [3.63, 3.8) is 0 Å². The molecule has 1 aromatic rings. The number of ether oxygens (including phenoxy) is 1. The average molecular weight is 300 g/mol. The van der Waals surface area contributed by atoms with Gasteiger partial charge in [-0.2, -0.15) is 0 Å². The number of hydrogen-bond donors (Lipinski definition) is 1. The zero-order valence-corrected chi connectivity index (χ0v) is 13.0. The van der Waals surface area contributed by atoms with Crippen molar-refractivity contribution in [2.24, 2.45) is 0 Å². The van der Waals surface area contributed by atoms with Gasteiger partial charge in [-0.25, -0.2) is 4.79 Å². The van der Waals surface area contributed by atoms with Gasteiger partial charge in [0.05, 0.1) is 17.3 Å². The van der Waals surface area contributed by atoms with Crippen LogP contribution < -0.4 is 4.90 Å². The number of carboxylic acid groups (broad SMARTS) is 1. The smallest absolute Gasteiger partial charge is 0.339 e. The molecule has 0 unspecified atom stereocenters. The monoisotopic (exact) mass is 299 g/mol. The first-order valence-corrected chi connectivity index (χ1v) is 7.21. The molecule has 0 fully saturated rings. The van der Waals surface area contributed by atoms with Crippen LogP contribution in [0.15, 0.2) is 18.2 Å². The molecule has 5 heteroatoms. The van der Waals surface area contributed by atoms with E-state index in [2.05, 4.69) is 18.7 Å². The fraction of sp³-hybridized carbons (Fsp3) is 0.533. The topological polar surface area (TPSA) is 49.8 Å². The van der Waals surface area contributed by atoms with Crippen LogP contribution in [0.5, 0.6) is 0 Å². The van der Waals surface area contributed by atoms with E-state index in [1.807, 2.05) is 6.07 Å². The third kappa shape index (κ3) is 3.87. The summed E-state index contributed by atoms with van der Waals surface area (Å²) in [5.74, 6) is -1.00. The largest absolute Gasteiger partial charge is 0.478 e. The Morgan fingerprint density at radius 2 is 2.05 bits per heavy atom.